The number of carbonyl (C=O) groups excluding carboxylic acids is 1. The monoisotopic (exact) mass is 195 g/mol. The first-order chi connectivity index (χ1) is 6.65. The Morgan fingerprint density at radius 3 is 2.50 bits per heavy atom. The Kier molecular flexibility index (Phi) is 3.03. The van der Waals surface area contributed by atoms with Crippen molar-refractivity contribution in [3.05, 3.63) is 29.8 Å². The number of hydrogen-bond donors (Lipinski definition) is 4. The summed E-state index contributed by atoms with van der Waals surface area (Å²) in [6, 6.07) is 5.36. The van der Waals surface area contributed by atoms with E-state index in [-0.39, 0.29) is 11.3 Å². The second kappa shape index (κ2) is 4.24. The normalized spacial score (nSPS) is 9.21. The highest BCUT2D eigenvalue weighted by molar-refractivity contribution is 5.99. The Morgan fingerprint density at radius 2 is 1.93 bits per heavy atom. The van der Waals surface area contributed by atoms with Crippen molar-refractivity contribution in [3.63, 3.8) is 0 Å². The average Bonchev–Trinajstić information content (AvgIpc) is 2.18. The Labute approximate surface area is 79.7 Å². The molecule has 0 radical (unpaired) electrons. The summed E-state index contributed by atoms with van der Waals surface area (Å²) in [5, 5.41) is 11.0. The number of amides is 2. The second-order valence-corrected chi connectivity index (χ2v) is 2.45. The molecular weight excluding hydrogens is 186 g/mol. The standard InChI is InChI=1S/C8H9N3O3/c9-11-8(14)10-6-4-2-1-3-5(6)7(12)13/h1-4H,9H2,(H,12,13)(H2,10,11,14). The lowest BCUT2D eigenvalue weighted by molar-refractivity contribution is 0.0698. The Bertz CT molecular complexity index is 365. The summed E-state index contributed by atoms with van der Waals surface area (Å²) in [4.78, 5) is 21.5. The van der Waals surface area contributed by atoms with Gasteiger partial charge in [0.2, 0.25) is 0 Å². The molecule has 6 heteroatoms. The first-order valence-corrected chi connectivity index (χ1v) is 3.75. The van der Waals surface area contributed by atoms with Crippen LogP contribution in [0.2, 0.25) is 0 Å². The fourth-order valence-electron chi connectivity index (χ4n) is 0.937. The van der Waals surface area contributed by atoms with Crippen LogP contribution >= 0.6 is 0 Å². The number of anilines is 1. The number of benzene rings is 1. The second-order valence-electron chi connectivity index (χ2n) is 2.45. The Morgan fingerprint density at radius 1 is 1.29 bits per heavy atom. The number of carbonyl (C=O) groups is 2. The predicted octanol–water partition coefficient (Wildman–Crippen LogP) is 0.380. The number of nitrogens with one attached hydrogen (secondary N) is 2. The number of nitrogens with two attached hydrogens (primary N) is 1. The summed E-state index contributed by atoms with van der Waals surface area (Å²) in [6.07, 6.45) is 0. The molecule has 0 atom stereocenters. The molecule has 0 saturated carbocycles. The van der Waals surface area contributed by atoms with Crippen LogP contribution in [-0.4, -0.2) is 17.1 Å². The maximum absolute atomic E-state index is 10.8. The van der Waals surface area contributed by atoms with Crippen LogP contribution in [0.1, 0.15) is 10.4 Å². The van der Waals surface area contributed by atoms with Gasteiger partial charge in [0, 0.05) is 0 Å². The van der Waals surface area contributed by atoms with Crippen molar-refractivity contribution in [2.24, 2.45) is 5.84 Å². The van der Waals surface area contributed by atoms with E-state index in [0.29, 0.717) is 0 Å². The molecule has 0 heterocycles. The van der Waals surface area contributed by atoms with Gasteiger partial charge in [0.1, 0.15) is 0 Å². The Balaban J connectivity index is 2.95. The molecule has 0 aliphatic rings. The van der Waals surface area contributed by atoms with Crippen LogP contribution in [0.25, 0.3) is 0 Å². The van der Waals surface area contributed by atoms with E-state index in [0.717, 1.165) is 0 Å². The molecule has 5 N–H and O–H groups in total. The fourth-order valence-corrected chi connectivity index (χ4v) is 0.937. The third-order valence-electron chi connectivity index (χ3n) is 1.54. The van der Waals surface area contributed by atoms with E-state index in [2.05, 4.69) is 5.32 Å². The van der Waals surface area contributed by atoms with Gasteiger partial charge in [-0.05, 0) is 12.1 Å². The van der Waals surface area contributed by atoms with Crippen molar-refractivity contribution in [1.29, 1.82) is 0 Å². The van der Waals surface area contributed by atoms with Crippen LogP contribution < -0.4 is 16.6 Å². The molecule has 1 rings (SSSR count). The lowest BCUT2D eigenvalue weighted by Crippen LogP contribution is -2.34. The quantitative estimate of drug-likeness (QED) is 0.311. The molecule has 0 fully saturated rings. The highest BCUT2D eigenvalue weighted by Gasteiger charge is 2.10. The van der Waals surface area contributed by atoms with Gasteiger partial charge in [-0.1, -0.05) is 12.1 Å². The van der Waals surface area contributed by atoms with Gasteiger partial charge in [0.15, 0.2) is 0 Å². The molecule has 74 valence electrons. The van der Waals surface area contributed by atoms with Crippen LogP contribution in [0.15, 0.2) is 24.3 Å². The first-order valence-electron chi connectivity index (χ1n) is 3.75. The number of hydrazine groups is 1. The third kappa shape index (κ3) is 2.20. The zero-order valence-electron chi connectivity index (χ0n) is 7.15. The minimum Gasteiger partial charge on any atom is -0.478 e. The molecule has 1 aromatic carbocycles. The van der Waals surface area contributed by atoms with Gasteiger partial charge in [-0.25, -0.2) is 15.4 Å². The fraction of sp³-hybridized carbons (Fsp3) is 0. The van der Waals surface area contributed by atoms with Gasteiger partial charge in [-0.15, -0.1) is 0 Å². The lowest BCUT2D eigenvalue weighted by atomic mass is 10.2. The van der Waals surface area contributed by atoms with E-state index in [1.165, 1.54) is 12.1 Å². The summed E-state index contributed by atoms with van der Waals surface area (Å²) in [7, 11) is 0. The van der Waals surface area contributed by atoms with E-state index in [9.17, 15) is 9.59 Å². The zero-order chi connectivity index (χ0) is 10.6. The SMILES string of the molecule is NNC(=O)Nc1ccccc1C(=O)O. The first kappa shape index (κ1) is 10.0. The lowest BCUT2D eigenvalue weighted by Gasteiger charge is -2.06. The number of rotatable bonds is 2. The molecule has 14 heavy (non-hydrogen) atoms. The van der Waals surface area contributed by atoms with Gasteiger partial charge in [0.25, 0.3) is 0 Å². The van der Waals surface area contributed by atoms with E-state index in [4.69, 9.17) is 10.9 Å². The predicted molar refractivity (Wildman–Crippen MR) is 49.7 cm³/mol. The number of aromatic carboxylic acids is 1. The van der Waals surface area contributed by atoms with Crippen molar-refractivity contribution in [2.75, 3.05) is 5.32 Å². The minimum absolute atomic E-state index is 0.0103. The summed E-state index contributed by atoms with van der Waals surface area (Å²) in [5.41, 5.74) is 2.04. The highest BCUT2D eigenvalue weighted by Crippen LogP contribution is 2.14. The van der Waals surface area contributed by atoms with Crippen molar-refractivity contribution < 1.29 is 14.7 Å². The number of urea groups is 1. The Hall–Kier alpha value is -2.08. The number of hydrogen-bond acceptors (Lipinski definition) is 3. The third-order valence-corrected chi connectivity index (χ3v) is 1.54. The summed E-state index contributed by atoms with van der Waals surface area (Å²) in [5.74, 6) is 3.72. The largest absolute Gasteiger partial charge is 0.478 e. The van der Waals surface area contributed by atoms with Gasteiger partial charge < -0.3 is 10.4 Å². The molecule has 0 aliphatic carbocycles. The van der Waals surface area contributed by atoms with Crippen molar-refractivity contribution in [2.45, 2.75) is 0 Å². The number of para-hydroxylation sites is 1. The molecule has 0 spiro atoms. The highest BCUT2D eigenvalue weighted by atomic mass is 16.4. The zero-order valence-corrected chi connectivity index (χ0v) is 7.15. The maximum Gasteiger partial charge on any atom is 0.337 e. The van der Waals surface area contributed by atoms with Crippen LogP contribution in [0.3, 0.4) is 0 Å². The summed E-state index contributed by atoms with van der Waals surface area (Å²) < 4.78 is 0. The molecule has 0 saturated heterocycles. The van der Waals surface area contributed by atoms with Crippen molar-refractivity contribution in [3.8, 4) is 0 Å². The summed E-state index contributed by atoms with van der Waals surface area (Å²) >= 11 is 0. The van der Waals surface area contributed by atoms with Crippen molar-refractivity contribution >= 4 is 17.7 Å². The molecule has 0 bridgehead atoms. The van der Waals surface area contributed by atoms with Crippen LogP contribution in [-0.2, 0) is 0 Å². The average molecular weight is 195 g/mol. The van der Waals surface area contributed by atoms with E-state index in [1.54, 1.807) is 12.1 Å². The molecular formula is C8H9N3O3. The molecule has 1 aromatic rings. The van der Waals surface area contributed by atoms with Gasteiger partial charge in [-0.2, -0.15) is 0 Å². The van der Waals surface area contributed by atoms with E-state index in [1.807, 2.05) is 5.43 Å². The van der Waals surface area contributed by atoms with E-state index < -0.39 is 12.0 Å². The number of carboxylic acid groups (broad SMARTS) is 1. The smallest absolute Gasteiger partial charge is 0.337 e. The van der Waals surface area contributed by atoms with Crippen LogP contribution in [0.4, 0.5) is 10.5 Å². The minimum atomic E-state index is -1.11. The topological polar surface area (TPSA) is 104 Å². The van der Waals surface area contributed by atoms with Crippen LogP contribution in [0.5, 0.6) is 0 Å². The molecule has 0 unspecified atom stereocenters. The van der Waals surface area contributed by atoms with E-state index >= 15 is 0 Å². The number of carboxylic acids is 1. The van der Waals surface area contributed by atoms with Crippen LogP contribution in [0, 0.1) is 0 Å². The molecule has 0 aliphatic heterocycles. The summed E-state index contributed by atoms with van der Waals surface area (Å²) in [6.45, 7) is 0. The van der Waals surface area contributed by atoms with Crippen molar-refractivity contribution in [1.82, 2.24) is 5.43 Å². The van der Waals surface area contributed by atoms with Gasteiger partial charge in [0.05, 0.1) is 11.3 Å². The molecule has 6 nitrogen and oxygen atoms in total. The maximum atomic E-state index is 10.8. The molecule has 0 aromatic heterocycles. The van der Waals surface area contributed by atoms with Gasteiger partial charge in [-0.3, -0.25) is 5.43 Å². The van der Waals surface area contributed by atoms with Gasteiger partial charge >= 0.3 is 12.0 Å². The molecule has 2 amide bonds.